The van der Waals surface area contributed by atoms with Gasteiger partial charge in [-0.3, -0.25) is 0 Å². The summed E-state index contributed by atoms with van der Waals surface area (Å²) in [4.78, 5) is 12.9. The summed E-state index contributed by atoms with van der Waals surface area (Å²) in [7, 11) is 2.95. The predicted molar refractivity (Wildman–Crippen MR) is 121 cm³/mol. The molecule has 2 N–H and O–H groups in total. The molecule has 0 fully saturated rings. The lowest BCUT2D eigenvalue weighted by Crippen LogP contribution is -2.20. The second-order valence-corrected chi connectivity index (χ2v) is 7.98. The van der Waals surface area contributed by atoms with Gasteiger partial charge in [-0.1, -0.05) is 18.2 Å². The quantitative estimate of drug-likeness (QED) is 0.327. The van der Waals surface area contributed by atoms with Crippen LogP contribution in [0, 0.1) is 6.92 Å². The number of methoxy groups -OCH3 is 2. The SMILES string of the molecule is COC(=O)c1cc(C)sc1NC(=S)Nc1cc2oc3ccccc3c2cc1OC. The van der Waals surface area contributed by atoms with Gasteiger partial charge in [0.15, 0.2) is 5.11 Å². The van der Waals surface area contributed by atoms with Gasteiger partial charge in [-0.2, -0.15) is 0 Å². The molecule has 2 aromatic carbocycles. The van der Waals surface area contributed by atoms with Crippen LogP contribution in [0.15, 0.2) is 46.9 Å². The molecule has 0 saturated carbocycles. The molecule has 2 heterocycles. The molecule has 0 bridgehead atoms. The Hall–Kier alpha value is -3.10. The van der Waals surface area contributed by atoms with E-state index >= 15 is 0 Å². The summed E-state index contributed by atoms with van der Waals surface area (Å²) in [5.74, 6) is 0.213. The molecule has 4 rings (SSSR count). The van der Waals surface area contributed by atoms with Gasteiger partial charge in [-0.05, 0) is 37.3 Å². The highest BCUT2D eigenvalue weighted by atomic mass is 32.1. The van der Waals surface area contributed by atoms with E-state index < -0.39 is 5.97 Å². The first-order valence-corrected chi connectivity index (χ1v) is 9.98. The van der Waals surface area contributed by atoms with E-state index in [-0.39, 0.29) is 0 Å². The Morgan fingerprint density at radius 2 is 1.86 bits per heavy atom. The van der Waals surface area contributed by atoms with Crippen LogP contribution in [0.3, 0.4) is 0 Å². The lowest BCUT2D eigenvalue weighted by atomic mass is 10.1. The van der Waals surface area contributed by atoms with Gasteiger partial charge in [0.05, 0.1) is 25.5 Å². The number of hydrogen-bond acceptors (Lipinski definition) is 6. The van der Waals surface area contributed by atoms with Gasteiger partial charge >= 0.3 is 5.97 Å². The maximum Gasteiger partial charge on any atom is 0.340 e. The number of furan rings is 1. The topological polar surface area (TPSA) is 72.7 Å². The fourth-order valence-corrected chi connectivity index (χ4v) is 4.32. The second kappa shape index (κ2) is 7.73. The van der Waals surface area contributed by atoms with Crippen molar-refractivity contribution in [3.05, 3.63) is 52.9 Å². The van der Waals surface area contributed by atoms with E-state index in [0.717, 1.165) is 26.8 Å². The van der Waals surface area contributed by atoms with Crippen molar-refractivity contribution in [3.63, 3.8) is 0 Å². The lowest BCUT2D eigenvalue weighted by molar-refractivity contribution is 0.0602. The number of para-hydroxylation sites is 1. The normalized spacial score (nSPS) is 10.9. The number of carbonyl (C=O) groups is 1. The molecule has 0 saturated heterocycles. The fraction of sp³-hybridized carbons (Fsp3) is 0.143. The number of hydrogen-bond donors (Lipinski definition) is 2. The van der Waals surface area contributed by atoms with Gasteiger partial charge in [-0.25, -0.2) is 4.79 Å². The first-order chi connectivity index (χ1) is 14.0. The molecule has 6 nitrogen and oxygen atoms in total. The Morgan fingerprint density at radius 3 is 2.62 bits per heavy atom. The van der Waals surface area contributed by atoms with Crippen LogP contribution in [-0.2, 0) is 4.74 Å². The summed E-state index contributed by atoms with van der Waals surface area (Å²) in [6.07, 6.45) is 0. The number of aryl methyl sites for hydroxylation is 1. The third kappa shape index (κ3) is 3.64. The predicted octanol–water partition coefficient (Wildman–Crippen LogP) is 5.56. The van der Waals surface area contributed by atoms with Crippen molar-refractivity contribution in [3.8, 4) is 5.75 Å². The number of carbonyl (C=O) groups excluding carboxylic acids is 1. The monoisotopic (exact) mass is 426 g/mol. The highest BCUT2D eigenvalue weighted by molar-refractivity contribution is 7.80. The van der Waals surface area contributed by atoms with E-state index in [2.05, 4.69) is 10.6 Å². The number of rotatable bonds is 4. The molecule has 4 aromatic rings. The van der Waals surface area contributed by atoms with Crippen LogP contribution in [0.4, 0.5) is 10.7 Å². The number of thiocarbonyl (C=S) groups is 1. The first-order valence-electron chi connectivity index (χ1n) is 8.76. The van der Waals surface area contributed by atoms with Crippen molar-refractivity contribution < 1.29 is 18.7 Å². The standard InChI is InChI=1S/C21H18N2O4S2/c1-11-8-14(20(24)26-3)19(29-11)23-21(28)22-15-10-17-13(9-18(15)25-2)12-6-4-5-7-16(12)27-17/h4-10H,1-3H3,(H2,22,23,28). The van der Waals surface area contributed by atoms with Gasteiger partial charge in [0.1, 0.15) is 21.9 Å². The summed E-state index contributed by atoms with van der Waals surface area (Å²) in [5, 5.41) is 9.13. The molecule has 148 valence electrons. The van der Waals surface area contributed by atoms with E-state index in [1.807, 2.05) is 43.3 Å². The van der Waals surface area contributed by atoms with Crippen LogP contribution < -0.4 is 15.4 Å². The minimum atomic E-state index is -0.416. The Balaban J connectivity index is 1.64. The number of anilines is 2. The molecule has 0 atom stereocenters. The second-order valence-electron chi connectivity index (χ2n) is 6.32. The average Bonchev–Trinajstić information content (AvgIpc) is 3.25. The van der Waals surface area contributed by atoms with Crippen LogP contribution in [0.5, 0.6) is 5.75 Å². The summed E-state index contributed by atoms with van der Waals surface area (Å²) < 4.78 is 16.3. The number of esters is 1. The Morgan fingerprint density at radius 1 is 1.07 bits per heavy atom. The summed E-state index contributed by atoms with van der Waals surface area (Å²) in [6.45, 7) is 1.91. The molecule has 0 spiro atoms. The van der Waals surface area contributed by atoms with E-state index in [1.165, 1.54) is 18.4 Å². The lowest BCUT2D eigenvalue weighted by Gasteiger charge is -2.13. The van der Waals surface area contributed by atoms with Crippen LogP contribution >= 0.6 is 23.6 Å². The van der Waals surface area contributed by atoms with Gasteiger partial charge in [0.25, 0.3) is 0 Å². The summed E-state index contributed by atoms with van der Waals surface area (Å²) in [6, 6.07) is 13.4. The molecule has 0 radical (unpaired) electrons. The average molecular weight is 427 g/mol. The summed E-state index contributed by atoms with van der Waals surface area (Å²) >= 11 is 6.87. The maximum absolute atomic E-state index is 12.0. The fourth-order valence-electron chi connectivity index (χ4n) is 3.14. The maximum atomic E-state index is 12.0. The minimum Gasteiger partial charge on any atom is -0.495 e. The van der Waals surface area contributed by atoms with Gasteiger partial charge < -0.3 is 24.5 Å². The molecule has 0 aliphatic carbocycles. The smallest absolute Gasteiger partial charge is 0.340 e. The zero-order chi connectivity index (χ0) is 20.5. The highest BCUT2D eigenvalue weighted by Gasteiger charge is 2.17. The Bertz CT molecular complexity index is 1240. The van der Waals surface area contributed by atoms with Crippen molar-refractivity contribution in [1.29, 1.82) is 0 Å². The molecule has 0 aliphatic heterocycles. The van der Waals surface area contributed by atoms with Crippen molar-refractivity contribution in [2.45, 2.75) is 6.92 Å². The number of fused-ring (bicyclic) bond motifs is 3. The third-order valence-electron chi connectivity index (χ3n) is 4.43. The highest BCUT2D eigenvalue weighted by Crippen LogP contribution is 2.36. The number of nitrogens with one attached hydrogen (secondary N) is 2. The molecule has 0 unspecified atom stereocenters. The van der Waals surface area contributed by atoms with E-state index in [0.29, 0.717) is 27.1 Å². The van der Waals surface area contributed by atoms with Crippen LogP contribution in [0.1, 0.15) is 15.2 Å². The molecule has 0 aliphatic rings. The van der Waals surface area contributed by atoms with Crippen LogP contribution in [-0.4, -0.2) is 25.3 Å². The van der Waals surface area contributed by atoms with Gasteiger partial charge in [0, 0.05) is 21.7 Å². The minimum absolute atomic E-state index is 0.325. The number of thiophene rings is 1. The molecule has 29 heavy (non-hydrogen) atoms. The molecular formula is C21H18N2O4S2. The first kappa shape index (κ1) is 19.2. The van der Waals surface area contributed by atoms with Gasteiger partial charge in [-0.15, -0.1) is 11.3 Å². The van der Waals surface area contributed by atoms with Crippen LogP contribution in [0.25, 0.3) is 21.9 Å². The Kier molecular flexibility index (Phi) is 5.12. The molecular weight excluding hydrogens is 408 g/mol. The molecule has 8 heteroatoms. The molecule has 0 amide bonds. The third-order valence-corrected chi connectivity index (χ3v) is 5.60. The van der Waals surface area contributed by atoms with E-state index in [9.17, 15) is 4.79 Å². The van der Waals surface area contributed by atoms with Crippen molar-refractivity contribution >= 4 is 67.3 Å². The number of benzene rings is 2. The van der Waals surface area contributed by atoms with Crippen LogP contribution in [0.2, 0.25) is 0 Å². The zero-order valence-corrected chi connectivity index (χ0v) is 17.6. The van der Waals surface area contributed by atoms with E-state index in [4.69, 9.17) is 26.1 Å². The van der Waals surface area contributed by atoms with Crippen molar-refractivity contribution in [2.75, 3.05) is 24.9 Å². The van der Waals surface area contributed by atoms with Crippen molar-refractivity contribution in [1.82, 2.24) is 0 Å². The number of ether oxygens (including phenoxy) is 2. The largest absolute Gasteiger partial charge is 0.495 e. The Labute approximate surface area is 176 Å². The van der Waals surface area contributed by atoms with E-state index in [1.54, 1.807) is 13.2 Å². The zero-order valence-electron chi connectivity index (χ0n) is 16.0. The van der Waals surface area contributed by atoms with Crippen molar-refractivity contribution in [2.24, 2.45) is 0 Å². The summed E-state index contributed by atoms with van der Waals surface area (Å²) in [5.41, 5.74) is 2.63. The van der Waals surface area contributed by atoms with Gasteiger partial charge in [0.2, 0.25) is 0 Å². The molecule has 2 aromatic heterocycles.